The van der Waals surface area contributed by atoms with E-state index in [9.17, 15) is 24.4 Å². The van der Waals surface area contributed by atoms with E-state index in [1.165, 1.54) is 23.1 Å². The predicted molar refractivity (Wildman–Crippen MR) is 203 cm³/mol. The van der Waals surface area contributed by atoms with Gasteiger partial charge in [0.1, 0.15) is 28.1 Å². The van der Waals surface area contributed by atoms with Gasteiger partial charge in [0.25, 0.3) is 11.8 Å². The monoisotopic (exact) mass is 737 g/mol. The number of hydrogen-bond acceptors (Lipinski definition) is 9. The van der Waals surface area contributed by atoms with Gasteiger partial charge in [-0.15, -0.1) is 23.1 Å². The molecule has 0 saturated carbocycles. The number of carbonyl (C=O) groups excluding carboxylic acids is 4. The minimum Gasteiger partial charge on any atom is -0.497 e. The van der Waals surface area contributed by atoms with Gasteiger partial charge in [-0.25, -0.2) is 4.79 Å². The minimum atomic E-state index is -0.625. The van der Waals surface area contributed by atoms with Gasteiger partial charge in [-0.05, 0) is 93.8 Å². The molecule has 1 atom stereocenters. The van der Waals surface area contributed by atoms with Crippen molar-refractivity contribution >= 4 is 63.7 Å². The molecule has 0 saturated heterocycles. The fourth-order valence-electron chi connectivity index (χ4n) is 5.25. The van der Waals surface area contributed by atoms with Crippen LogP contribution in [0, 0.1) is 11.3 Å². The third kappa shape index (κ3) is 9.80. The second-order valence-electron chi connectivity index (χ2n) is 12.9. The summed E-state index contributed by atoms with van der Waals surface area (Å²) in [7, 11) is 1.55. The zero-order chi connectivity index (χ0) is 37.4. The Bertz CT molecular complexity index is 2050. The van der Waals surface area contributed by atoms with E-state index in [0.717, 1.165) is 10.4 Å². The van der Waals surface area contributed by atoms with Gasteiger partial charge in [-0.1, -0.05) is 36.4 Å². The van der Waals surface area contributed by atoms with E-state index >= 15 is 0 Å². The number of thiophene rings is 1. The summed E-state index contributed by atoms with van der Waals surface area (Å²) in [5.74, 6) is -0.694. The smallest absolute Gasteiger partial charge is 0.410 e. The molecule has 0 bridgehead atoms. The van der Waals surface area contributed by atoms with E-state index < -0.39 is 28.8 Å². The molecule has 0 radical (unpaired) electrons. The molecule has 1 aliphatic rings. The molecule has 0 spiro atoms. The minimum absolute atomic E-state index is 0.0223. The summed E-state index contributed by atoms with van der Waals surface area (Å²) >= 11 is 2.58. The first-order valence-electron chi connectivity index (χ1n) is 16.5. The highest BCUT2D eigenvalue weighted by Crippen LogP contribution is 2.38. The largest absolute Gasteiger partial charge is 0.497 e. The molecule has 13 heteroatoms. The summed E-state index contributed by atoms with van der Waals surface area (Å²) < 4.78 is 10.8. The molecule has 3 N–H and O–H groups in total. The lowest BCUT2D eigenvalue weighted by Crippen LogP contribution is -2.39. The number of rotatable bonds is 10. The molecule has 3 aromatic carbocycles. The van der Waals surface area contributed by atoms with Crippen LogP contribution in [0.1, 0.15) is 59.6 Å². The number of carbonyl (C=O) groups is 4. The van der Waals surface area contributed by atoms with Crippen LogP contribution >= 0.6 is 23.1 Å². The first kappa shape index (κ1) is 37.7. The molecule has 5 rings (SSSR count). The fourth-order valence-corrected chi connectivity index (χ4v) is 7.39. The Balaban J connectivity index is 1.26. The fraction of sp³-hybridized carbons (Fsp3) is 0.256. The zero-order valence-electron chi connectivity index (χ0n) is 29.4. The maximum absolute atomic E-state index is 13.6. The van der Waals surface area contributed by atoms with Gasteiger partial charge in [-0.3, -0.25) is 14.4 Å². The number of nitrogens with zero attached hydrogens (tertiary/aromatic N) is 2. The van der Waals surface area contributed by atoms with Crippen LogP contribution in [0.25, 0.3) is 6.08 Å². The highest BCUT2D eigenvalue weighted by molar-refractivity contribution is 8.00. The van der Waals surface area contributed by atoms with Gasteiger partial charge in [-0.2, -0.15) is 5.26 Å². The van der Waals surface area contributed by atoms with Gasteiger partial charge >= 0.3 is 6.09 Å². The second-order valence-corrected chi connectivity index (χ2v) is 15.4. The van der Waals surface area contributed by atoms with Gasteiger partial charge in [0.05, 0.1) is 24.5 Å². The molecule has 1 aromatic heterocycles. The molecule has 268 valence electrons. The molecule has 0 aliphatic carbocycles. The third-order valence-electron chi connectivity index (χ3n) is 7.76. The number of fused-ring (bicyclic) bond motifs is 1. The van der Waals surface area contributed by atoms with E-state index in [1.54, 1.807) is 97.8 Å². The first-order chi connectivity index (χ1) is 24.8. The number of ether oxygens (including phenoxy) is 2. The van der Waals surface area contributed by atoms with Crippen LogP contribution in [0.15, 0.2) is 89.5 Å². The van der Waals surface area contributed by atoms with Crippen molar-refractivity contribution in [1.82, 2.24) is 10.2 Å². The average molecular weight is 738 g/mol. The number of anilines is 2. The predicted octanol–water partition coefficient (Wildman–Crippen LogP) is 7.45. The average Bonchev–Trinajstić information content (AvgIpc) is 3.47. The Hall–Kier alpha value is -5.58. The van der Waals surface area contributed by atoms with Crippen LogP contribution in [0.2, 0.25) is 0 Å². The number of methoxy groups -OCH3 is 1. The number of nitriles is 1. The Morgan fingerprint density at radius 2 is 1.75 bits per heavy atom. The zero-order valence-corrected chi connectivity index (χ0v) is 31.1. The van der Waals surface area contributed by atoms with E-state index in [1.807, 2.05) is 26.8 Å². The van der Waals surface area contributed by atoms with Crippen molar-refractivity contribution in [2.24, 2.45) is 0 Å². The number of thioether (sulfide) groups is 1. The summed E-state index contributed by atoms with van der Waals surface area (Å²) in [5.41, 5.74) is 2.15. The summed E-state index contributed by atoms with van der Waals surface area (Å²) in [6.07, 6.45) is 1.63. The lowest BCUT2D eigenvalue weighted by atomic mass is 10.0. The number of nitrogens with one attached hydrogen (secondary N) is 3. The van der Waals surface area contributed by atoms with E-state index in [4.69, 9.17) is 9.47 Å². The second kappa shape index (κ2) is 16.6. The third-order valence-corrected chi connectivity index (χ3v) is 9.99. The SMILES string of the molecule is COc1cccc(/C=C(\NC(=O)c2ccccc2)C(=O)Nc2cccc(SC(C)C(=O)Nc3sc4c(c3C#N)CCN(C(=O)OC(C)(C)C)C4)c2)c1. The van der Waals surface area contributed by atoms with Crippen molar-refractivity contribution in [3.63, 3.8) is 0 Å². The van der Waals surface area contributed by atoms with E-state index in [0.29, 0.717) is 57.5 Å². The van der Waals surface area contributed by atoms with Crippen molar-refractivity contribution in [1.29, 1.82) is 5.26 Å². The van der Waals surface area contributed by atoms with Crippen molar-refractivity contribution < 1.29 is 28.7 Å². The number of hydrogen-bond donors (Lipinski definition) is 3. The molecule has 11 nitrogen and oxygen atoms in total. The number of benzene rings is 3. The van der Waals surface area contributed by atoms with Gasteiger partial charge in [0.2, 0.25) is 5.91 Å². The van der Waals surface area contributed by atoms with Crippen molar-refractivity contribution in [3.05, 3.63) is 112 Å². The molecule has 4 aromatic rings. The lowest BCUT2D eigenvalue weighted by Gasteiger charge is -2.29. The first-order valence-corrected chi connectivity index (χ1v) is 18.2. The van der Waals surface area contributed by atoms with Gasteiger partial charge < -0.3 is 30.3 Å². The van der Waals surface area contributed by atoms with Crippen LogP contribution in [-0.4, -0.2) is 53.2 Å². The standard InChI is InChI=1S/C39H39N5O6S2/c1-24(34(45)43-37-31(22-40)30-17-18-44(23-33(30)52-37)38(48)50-39(2,3)4)51-29-16-10-14-27(21-29)41-36(47)32(20-25-11-9-15-28(19-25)49-5)42-35(46)26-12-7-6-8-13-26/h6-16,19-21,24H,17-18,23H2,1-5H3,(H,41,47)(H,42,46)(H,43,45)/b32-20-. The molecule has 2 heterocycles. The lowest BCUT2D eigenvalue weighted by molar-refractivity contribution is -0.115. The topological polar surface area (TPSA) is 150 Å². The summed E-state index contributed by atoms with van der Waals surface area (Å²) in [6.45, 7) is 7.90. The maximum atomic E-state index is 13.6. The van der Waals surface area contributed by atoms with Crippen LogP contribution < -0.4 is 20.7 Å². The molecule has 4 amide bonds. The molecular weight excluding hydrogens is 699 g/mol. The van der Waals surface area contributed by atoms with Crippen LogP contribution in [0.4, 0.5) is 15.5 Å². The van der Waals surface area contributed by atoms with Gasteiger partial charge in [0.15, 0.2) is 0 Å². The highest BCUT2D eigenvalue weighted by Gasteiger charge is 2.30. The van der Waals surface area contributed by atoms with E-state index in [-0.39, 0.29) is 11.6 Å². The molecule has 0 fully saturated rings. The Morgan fingerprint density at radius 1 is 1.00 bits per heavy atom. The normalized spacial score (nSPS) is 13.2. The molecular formula is C39H39N5O6S2. The number of amides is 4. The van der Waals surface area contributed by atoms with Crippen molar-refractivity contribution in [2.75, 3.05) is 24.3 Å². The van der Waals surface area contributed by atoms with Crippen molar-refractivity contribution in [2.45, 2.75) is 56.4 Å². The van der Waals surface area contributed by atoms with Gasteiger partial charge in [0, 0.05) is 27.6 Å². The molecule has 1 unspecified atom stereocenters. The quantitative estimate of drug-likeness (QED) is 0.112. The maximum Gasteiger partial charge on any atom is 0.410 e. The summed E-state index contributed by atoms with van der Waals surface area (Å²) in [6, 6.07) is 25.0. The Morgan fingerprint density at radius 3 is 2.46 bits per heavy atom. The highest BCUT2D eigenvalue weighted by atomic mass is 32.2. The van der Waals surface area contributed by atoms with Crippen LogP contribution in [0.5, 0.6) is 5.75 Å². The molecule has 52 heavy (non-hydrogen) atoms. The Kier molecular flexibility index (Phi) is 12.0. The summed E-state index contributed by atoms with van der Waals surface area (Å²) in [4.78, 5) is 55.8. The summed E-state index contributed by atoms with van der Waals surface area (Å²) in [5, 5.41) is 18.4. The molecule has 1 aliphatic heterocycles. The van der Waals surface area contributed by atoms with Crippen LogP contribution in [-0.2, 0) is 27.3 Å². The van der Waals surface area contributed by atoms with E-state index in [2.05, 4.69) is 22.0 Å². The Labute approximate surface area is 311 Å². The van der Waals surface area contributed by atoms with Crippen LogP contribution in [0.3, 0.4) is 0 Å². The van der Waals surface area contributed by atoms with Crippen molar-refractivity contribution in [3.8, 4) is 11.8 Å².